The standard InChI is InChI=1S/C22H21NO2/c1-24-20-11-12-21-17(15-20)13-14-23-22(21)16-7-9-19(10-8-16)25-18-5-3-2-4-6-18/h2-12,15,22-23H,13-14H2,1H3. The summed E-state index contributed by atoms with van der Waals surface area (Å²) in [7, 11) is 1.71. The molecule has 0 aliphatic carbocycles. The summed E-state index contributed by atoms with van der Waals surface area (Å²) in [5.74, 6) is 2.62. The number of para-hydroxylation sites is 1. The molecule has 1 atom stereocenters. The van der Waals surface area contributed by atoms with Gasteiger partial charge in [-0.25, -0.2) is 0 Å². The molecule has 1 aliphatic heterocycles. The second kappa shape index (κ2) is 6.99. The SMILES string of the molecule is COc1ccc2c(c1)CCNC2c1ccc(Oc2ccccc2)cc1. The number of hydrogen-bond acceptors (Lipinski definition) is 3. The molecule has 4 rings (SSSR count). The second-order valence-electron chi connectivity index (χ2n) is 6.19. The van der Waals surface area contributed by atoms with Crippen molar-refractivity contribution in [2.24, 2.45) is 0 Å². The van der Waals surface area contributed by atoms with Crippen molar-refractivity contribution >= 4 is 0 Å². The predicted molar refractivity (Wildman–Crippen MR) is 99.5 cm³/mol. The molecule has 0 aromatic heterocycles. The van der Waals surface area contributed by atoms with Gasteiger partial charge in [-0.3, -0.25) is 0 Å². The third-order valence-electron chi connectivity index (χ3n) is 4.60. The van der Waals surface area contributed by atoms with Gasteiger partial charge in [-0.05, 0) is 59.5 Å². The molecule has 0 saturated heterocycles. The minimum Gasteiger partial charge on any atom is -0.497 e. The molecule has 0 amide bonds. The Morgan fingerprint density at radius 1 is 0.840 bits per heavy atom. The molecular weight excluding hydrogens is 310 g/mol. The topological polar surface area (TPSA) is 30.5 Å². The first-order valence-electron chi connectivity index (χ1n) is 8.56. The molecular formula is C22H21NO2. The second-order valence-corrected chi connectivity index (χ2v) is 6.19. The molecule has 0 spiro atoms. The van der Waals surface area contributed by atoms with Crippen molar-refractivity contribution in [3.05, 3.63) is 89.5 Å². The number of methoxy groups -OCH3 is 1. The summed E-state index contributed by atoms with van der Waals surface area (Å²) in [6.07, 6.45) is 1.03. The van der Waals surface area contributed by atoms with E-state index in [9.17, 15) is 0 Å². The molecule has 3 heteroatoms. The first-order valence-corrected chi connectivity index (χ1v) is 8.56. The lowest BCUT2D eigenvalue weighted by molar-refractivity contribution is 0.413. The van der Waals surface area contributed by atoms with E-state index in [2.05, 4.69) is 29.6 Å². The van der Waals surface area contributed by atoms with Gasteiger partial charge in [-0.1, -0.05) is 36.4 Å². The highest BCUT2D eigenvalue weighted by molar-refractivity contribution is 5.44. The van der Waals surface area contributed by atoms with E-state index in [1.807, 2.05) is 48.5 Å². The van der Waals surface area contributed by atoms with Gasteiger partial charge in [0, 0.05) is 6.54 Å². The minimum atomic E-state index is 0.209. The summed E-state index contributed by atoms with van der Waals surface area (Å²) >= 11 is 0. The monoisotopic (exact) mass is 331 g/mol. The lowest BCUT2D eigenvalue weighted by Crippen LogP contribution is -2.30. The molecule has 25 heavy (non-hydrogen) atoms. The van der Waals surface area contributed by atoms with E-state index in [0.29, 0.717) is 0 Å². The fourth-order valence-corrected chi connectivity index (χ4v) is 3.32. The summed E-state index contributed by atoms with van der Waals surface area (Å²) in [5, 5.41) is 3.62. The van der Waals surface area contributed by atoms with Gasteiger partial charge < -0.3 is 14.8 Å². The van der Waals surface area contributed by atoms with E-state index >= 15 is 0 Å². The number of rotatable bonds is 4. The van der Waals surface area contributed by atoms with Crippen molar-refractivity contribution in [2.75, 3.05) is 13.7 Å². The van der Waals surface area contributed by atoms with E-state index in [4.69, 9.17) is 9.47 Å². The minimum absolute atomic E-state index is 0.209. The molecule has 1 unspecified atom stereocenters. The van der Waals surface area contributed by atoms with Crippen LogP contribution in [-0.4, -0.2) is 13.7 Å². The quantitative estimate of drug-likeness (QED) is 0.750. The summed E-state index contributed by atoms with van der Waals surface area (Å²) < 4.78 is 11.2. The van der Waals surface area contributed by atoms with Crippen molar-refractivity contribution < 1.29 is 9.47 Å². The lowest BCUT2D eigenvalue weighted by atomic mass is 9.90. The normalized spacial score (nSPS) is 16.1. The van der Waals surface area contributed by atoms with Crippen LogP contribution < -0.4 is 14.8 Å². The van der Waals surface area contributed by atoms with Crippen LogP contribution >= 0.6 is 0 Å². The number of benzene rings is 3. The highest BCUT2D eigenvalue weighted by Crippen LogP contribution is 2.32. The van der Waals surface area contributed by atoms with E-state index in [1.54, 1.807) is 7.11 Å². The molecule has 3 aromatic rings. The van der Waals surface area contributed by atoms with Gasteiger partial charge in [0.25, 0.3) is 0 Å². The summed E-state index contributed by atoms with van der Waals surface area (Å²) in [4.78, 5) is 0. The van der Waals surface area contributed by atoms with E-state index in [0.717, 1.165) is 30.2 Å². The molecule has 1 heterocycles. The van der Waals surface area contributed by atoms with Crippen LogP contribution in [0.5, 0.6) is 17.2 Å². The van der Waals surface area contributed by atoms with Crippen LogP contribution in [-0.2, 0) is 6.42 Å². The largest absolute Gasteiger partial charge is 0.497 e. The van der Waals surface area contributed by atoms with Gasteiger partial charge in [0.15, 0.2) is 0 Å². The number of ether oxygens (including phenoxy) is 2. The fraction of sp³-hybridized carbons (Fsp3) is 0.182. The molecule has 1 aliphatic rings. The van der Waals surface area contributed by atoms with Crippen molar-refractivity contribution in [3.63, 3.8) is 0 Å². The molecule has 0 fully saturated rings. The summed E-state index contributed by atoms with van der Waals surface area (Å²) in [5.41, 5.74) is 3.92. The Balaban J connectivity index is 1.57. The molecule has 1 N–H and O–H groups in total. The van der Waals surface area contributed by atoms with E-state index < -0.39 is 0 Å². The van der Waals surface area contributed by atoms with Gasteiger partial charge in [0.2, 0.25) is 0 Å². The number of nitrogens with one attached hydrogen (secondary N) is 1. The predicted octanol–water partition coefficient (Wildman–Crippen LogP) is 4.72. The Morgan fingerprint density at radius 2 is 1.56 bits per heavy atom. The number of fused-ring (bicyclic) bond motifs is 1. The van der Waals surface area contributed by atoms with Gasteiger partial charge in [-0.2, -0.15) is 0 Å². The third kappa shape index (κ3) is 3.37. The van der Waals surface area contributed by atoms with Crippen molar-refractivity contribution in [1.82, 2.24) is 5.32 Å². The van der Waals surface area contributed by atoms with Gasteiger partial charge >= 0.3 is 0 Å². The van der Waals surface area contributed by atoms with Crippen molar-refractivity contribution in [3.8, 4) is 17.2 Å². The Labute approximate surface area is 148 Å². The zero-order chi connectivity index (χ0) is 17.1. The summed E-state index contributed by atoms with van der Waals surface area (Å²) in [6, 6.07) is 24.7. The molecule has 3 nitrogen and oxygen atoms in total. The zero-order valence-electron chi connectivity index (χ0n) is 14.2. The van der Waals surface area contributed by atoms with Crippen LogP contribution in [0.25, 0.3) is 0 Å². The van der Waals surface area contributed by atoms with Gasteiger partial charge in [0.05, 0.1) is 13.2 Å². The highest BCUT2D eigenvalue weighted by atomic mass is 16.5. The Morgan fingerprint density at radius 3 is 2.32 bits per heavy atom. The third-order valence-corrected chi connectivity index (χ3v) is 4.60. The average Bonchev–Trinajstić information content (AvgIpc) is 2.68. The fourth-order valence-electron chi connectivity index (χ4n) is 3.32. The maximum absolute atomic E-state index is 5.88. The smallest absolute Gasteiger partial charge is 0.127 e. The molecule has 126 valence electrons. The van der Waals surface area contributed by atoms with Crippen LogP contribution in [0.3, 0.4) is 0 Å². The number of hydrogen-bond donors (Lipinski definition) is 1. The van der Waals surface area contributed by atoms with E-state index in [-0.39, 0.29) is 6.04 Å². The lowest BCUT2D eigenvalue weighted by Gasteiger charge is -2.28. The van der Waals surface area contributed by atoms with Crippen LogP contribution in [0.2, 0.25) is 0 Å². The maximum Gasteiger partial charge on any atom is 0.127 e. The van der Waals surface area contributed by atoms with Crippen LogP contribution in [0.1, 0.15) is 22.7 Å². The highest BCUT2D eigenvalue weighted by Gasteiger charge is 2.21. The molecule has 0 saturated carbocycles. The van der Waals surface area contributed by atoms with Crippen molar-refractivity contribution in [2.45, 2.75) is 12.5 Å². The van der Waals surface area contributed by atoms with Gasteiger partial charge in [-0.15, -0.1) is 0 Å². The molecule has 0 radical (unpaired) electrons. The summed E-state index contributed by atoms with van der Waals surface area (Å²) in [6.45, 7) is 0.965. The first kappa shape index (κ1) is 15.7. The first-order chi connectivity index (χ1) is 12.3. The van der Waals surface area contributed by atoms with Crippen molar-refractivity contribution in [1.29, 1.82) is 0 Å². The zero-order valence-corrected chi connectivity index (χ0v) is 14.2. The van der Waals surface area contributed by atoms with E-state index in [1.165, 1.54) is 16.7 Å². The van der Waals surface area contributed by atoms with Gasteiger partial charge in [0.1, 0.15) is 17.2 Å². The maximum atomic E-state index is 5.88. The average molecular weight is 331 g/mol. The molecule has 3 aromatic carbocycles. The van der Waals surface area contributed by atoms with Crippen LogP contribution in [0, 0.1) is 0 Å². The Hall–Kier alpha value is -2.78. The Bertz CT molecular complexity index is 844. The Kier molecular flexibility index (Phi) is 4.40. The van der Waals surface area contributed by atoms with Crippen LogP contribution in [0.4, 0.5) is 0 Å². The molecule has 0 bridgehead atoms. The van der Waals surface area contributed by atoms with Crippen LogP contribution in [0.15, 0.2) is 72.8 Å².